The van der Waals surface area contributed by atoms with Crippen molar-refractivity contribution in [1.82, 2.24) is 0 Å². The van der Waals surface area contributed by atoms with E-state index in [1.807, 2.05) is 27.7 Å². The third kappa shape index (κ3) is 11.3. The van der Waals surface area contributed by atoms with Gasteiger partial charge in [0.1, 0.15) is 0 Å². The Morgan fingerprint density at radius 2 is 0.947 bits per heavy atom. The molecule has 5 heteroatoms. The maximum Gasteiger partial charge on any atom is 0.0785 e. The number of rotatable bonds is 12. The van der Waals surface area contributed by atoms with Crippen molar-refractivity contribution in [3.63, 3.8) is 0 Å². The van der Waals surface area contributed by atoms with E-state index in [-0.39, 0.29) is 24.4 Å². The second-order valence-electron chi connectivity index (χ2n) is 4.96. The molecule has 0 aliphatic rings. The van der Waals surface area contributed by atoms with E-state index in [9.17, 15) is 0 Å². The first kappa shape index (κ1) is 18.8. The van der Waals surface area contributed by atoms with Gasteiger partial charge < -0.3 is 23.7 Å². The van der Waals surface area contributed by atoms with Crippen molar-refractivity contribution >= 4 is 0 Å². The molecule has 0 rings (SSSR count). The fourth-order valence-corrected chi connectivity index (χ4v) is 1.64. The second-order valence-corrected chi connectivity index (χ2v) is 4.96. The molecule has 0 aromatic carbocycles. The molecule has 0 N–H and O–H groups in total. The van der Waals surface area contributed by atoms with E-state index in [4.69, 9.17) is 23.7 Å². The molecule has 19 heavy (non-hydrogen) atoms. The minimum atomic E-state index is 0.0376. The van der Waals surface area contributed by atoms with E-state index in [1.54, 1.807) is 14.2 Å². The highest BCUT2D eigenvalue weighted by Gasteiger charge is 2.12. The Morgan fingerprint density at radius 1 is 0.579 bits per heavy atom. The van der Waals surface area contributed by atoms with Crippen LogP contribution in [0.15, 0.2) is 0 Å². The summed E-state index contributed by atoms with van der Waals surface area (Å²) in [6.07, 6.45) is 0.250. The van der Waals surface area contributed by atoms with Crippen molar-refractivity contribution in [2.75, 3.05) is 40.6 Å². The summed E-state index contributed by atoms with van der Waals surface area (Å²) in [5, 5.41) is 0. The molecule has 0 aromatic heterocycles. The molecular weight excluding hydrogens is 248 g/mol. The van der Waals surface area contributed by atoms with Crippen molar-refractivity contribution in [3.05, 3.63) is 0 Å². The molecule has 116 valence electrons. The van der Waals surface area contributed by atoms with Crippen molar-refractivity contribution in [1.29, 1.82) is 0 Å². The predicted molar refractivity (Wildman–Crippen MR) is 74.6 cm³/mol. The highest BCUT2D eigenvalue weighted by atomic mass is 16.6. The van der Waals surface area contributed by atoms with Crippen molar-refractivity contribution in [2.24, 2.45) is 0 Å². The fraction of sp³-hybridized carbons (Fsp3) is 1.00. The molecule has 0 bridgehead atoms. The molecule has 0 radical (unpaired) electrons. The summed E-state index contributed by atoms with van der Waals surface area (Å²) in [6.45, 7) is 10.3. The first-order chi connectivity index (χ1) is 8.99. The van der Waals surface area contributed by atoms with Crippen LogP contribution in [0.2, 0.25) is 0 Å². The number of ether oxygens (including phenoxy) is 5. The normalized spacial score (nSPS) is 18.0. The average Bonchev–Trinajstić information content (AvgIpc) is 2.35. The lowest BCUT2D eigenvalue weighted by Crippen LogP contribution is -2.29. The van der Waals surface area contributed by atoms with E-state index in [1.165, 1.54) is 0 Å². The second kappa shape index (κ2) is 11.6. The van der Waals surface area contributed by atoms with Gasteiger partial charge in [0.15, 0.2) is 0 Å². The topological polar surface area (TPSA) is 46.2 Å². The van der Waals surface area contributed by atoms with Crippen LogP contribution in [-0.2, 0) is 23.7 Å². The van der Waals surface area contributed by atoms with Gasteiger partial charge in [0.25, 0.3) is 0 Å². The molecule has 4 atom stereocenters. The maximum absolute atomic E-state index is 5.78. The minimum absolute atomic E-state index is 0.0376. The number of hydrogen-bond donors (Lipinski definition) is 0. The highest BCUT2D eigenvalue weighted by molar-refractivity contribution is 4.57. The molecule has 0 saturated heterocycles. The highest BCUT2D eigenvalue weighted by Crippen LogP contribution is 2.03. The van der Waals surface area contributed by atoms with Gasteiger partial charge in [-0.15, -0.1) is 0 Å². The van der Waals surface area contributed by atoms with Crippen molar-refractivity contribution in [3.8, 4) is 0 Å². The monoisotopic (exact) mass is 278 g/mol. The maximum atomic E-state index is 5.78. The number of methoxy groups -OCH3 is 2. The van der Waals surface area contributed by atoms with Gasteiger partial charge in [0, 0.05) is 14.2 Å². The third-order valence-corrected chi connectivity index (χ3v) is 2.50. The minimum Gasteiger partial charge on any atom is -0.382 e. The first-order valence-electron chi connectivity index (χ1n) is 6.86. The van der Waals surface area contributed by atoms with Crippen molar-refractivity contribution < 1.29 is 23.7 Å². The lowest BCUT2D eigenvalue weighted by atomic mass is 10.3. The van der Waals surface area contributed by atoms with E-state index >= 15 is 0 Å². The molecule has 5 nitrogen and oxygen atoms in total. The van der Waals surface area contributed by atoms with Crippen LogP contribution in [0.25, 0.3) is 0 Å². The molecule has 0 heterocycles. The number of hydrogen-bond acceptors (Lipinski definition) is 5. The first-order valence-corrected chi connectivity index (χ1v) is 6.86. The van der Waals surface area contributed by atoms with E-state index in [2.05, 4.69) is 0 Å². The Hall–Kier alpha value is -0.200. The third-order valence-electron chi connectivity index (χ3n) is 2.50. The van der Waals surface area contributed by atoms with Crippen LogP contribution in [0.4, 0.5) is 0 Å². The lowest BCUT2D eigenvalue weighted by Gasteiger charge is -2.22. The largest absolute Gasteiger partial charge is 0.382 e. The molecule has 0 fully saturated rings. The summed E-state index contributed by atoms with van der Waals surface area (Å²) in [6, 6.07) is 0. The average molecular weight is 278 g/mol. The Balaban J connectivity index is 3.65. The molecule has 4 unspecified atom stereocenters. The van der Waals surface area contributed by atoms with Crippen LogP contribution in [0.5, 0.6) is 0 Å². The van der Waals surface area contributed by atoms with Gasteiger partial charge in [0.05, 0.1) is 50.8 Å². The lowest BCUT2D eigenvalue weighted by molar-refractivity contribution is -0.101. The van der Waals surface area contributed by atoms with Crippen LogP contribution >= 0.6 is 0 Å². The van der Waals surface area contributed by atoms with Gasteiger partial charge in [-0.2, -0.15) is 0 Å². The van der Waals surface area contributed by atoms with Crippen molar-refractivity contribution in [2.45, 2.75) is 52.1 Å². The summed E-state index contributed by atoms with van der Waals surface area (Å²) >= 11 is 0. The quantitative estimate of drug-likeness (QED) is 0.545. The van der Waals surface area contributed by atoms with Crippen LogP contribution in [0.1, 0.15) is 27.7 Å². The van der Waals surface area contributed by atoms with Gasteiger partial charge in [-0.1, -0.05) is 0 Å². The zero-order valence-electron chi connectivity index (χ0n) is 13.2. The molecule has 0 aromatic rings. The van der Waals surface area contributed by atoms with E-state index in [0.717, 1.165) is 0 Å². The van der Waals surface area contributed by atoms with Crippen LogP contribution in [-0.4, -0.2) is 65.1 Å². The molecule has 0 aliphatic carbocycles. The van der Waals surface area contributed by atoms with Gasteiger partial charge in [-0.3, -0.25) is 0 Å². The molecule has 0 saturated carbocycles. The zero-order chi connectivity index (χ0) is 14.7. The summed E-state index contributed by atoms with van der Waals surface area (Å²) in [4.78, 5) is 0. The Labute approximate surface area is 117 Å². The van der Waals surface area contributed by atoms with Gasteiger partial charge in [-0.05, 0) is 27.7 Å². The van der Waals surface area contributed by atoms with Crippen LogP contribution in [0.3, 0.4) is 0 Å². The predicted octanol–water partition coefficient (Wildman–Crippen LogP) is 1.88. The summed E-state index contributed by atoms with van der Waals surface area (Å²) < 4.78 is 27.0. The Bertz CT molecular complexity index is 180. The Kier molecular flexibility index (Phi) is 11.5. The standard InChI is InChI=1S/C14H30O5/c1-11(7-15-5)17-9-13(3)19-14(4)10-18-12(2)8-16-6/h11-14H,7-10H2,1-6H3. The van der Waals surface area contributed by atoms with E-state index in [0.29, 0.717) is 26.4 Å². The summed E-state index contributed by atoms with van der Waals surface area (Å²) in [7, 11) is 3.33. The van der Waals surface area contributed by atoms with Gasteiger partial charge >= 0.3 is 0 Å². The molecule has 0 amide bonds. The summed E-state index contributed by atoms with van der Waals surface area (Å²) in [5.74, 6) is 0. The summed E-state index contributed by atoms with van der Waals surface area (Å²) in [5.41, 5.74) is 0. The molecule has 0 spiro atoms. The van der Waals surface area contributed by atoms with Gasteiger partial charge in [0.2, 0.25) is 0 Å². The van der Waals surface area contributed by atoms with E-state index < -0.39 is 0 Å². The molecular formula is C14H30O5. The van der Waals surface area contributed by atoms with Crippen LogP contribution < -0.4 is 0 Å². The molecule has 0 aliphatic heterocycles. The fourth-order valence-electron chi connectivity index (χ4n) is 1.64. The van der Waals surface area contributed by atoms with Gasteiger partial charge in [-0.25, -0.2) is 0 Å². The smallest absolute Gasteiger partial charge is 0.0785 e. The van der Waals surface area contributed by atoms with Crippen LogP contribution in [0, 0.1) is 0 Å². The SMILES string of the molecule is COCC(C)OCC(C)OC(C)COC(C)COC. The Morgan fingerprint density at radius 3 is 1.26 bits per heavy atom. The zero-order valence-corrected chi connectivity index (χ0v) is 13.2.